The van der Waals surface area contributed by atoms with E-state index in [1.54, 1.807) is 30.5 Å². The lowest BCUT2D eigenvalue weighted by Crippen LogP contribution is -2.42. The van der Waals surface area contributed by atoms with Gasteiger partial charge in [0.2, 0.25) is 0 Å². The van der Waals surface area contributed by atoms with E-state index >= 15 is 0 Å². The number of nitrogens with zero attached hydrogens (tertiary/aromatic N) is 1. The average molecular weight is 415 g/mol. The fourth-order valence-corrected chi connectivity index (χ4v) is 2.94. The van der Waals surface area contributed by atoms with Crippen molar-refractivity contribution < 1.29 is 13.9 Å². The van der Waals surface area contributed by atoms with Gasteiger partial charge in [-0.2, -0.15) is 0 Å². The molecule has 4 nitrogen and oxygen atoms in total. The third-order valence-corrected chi connectivity index (χ3v) is 4.58. The van der Waals surface area contributed by atoms with Crippen molar-refractivity contribution in [3.8, 4) is 22.8 Å². The lowest BCUT2D eigenvalue weighted by Gasteiger charge is -2.19. The van der Waals surface area contributed by atoms with Crippen molar-refractivity contribution in [3.05, 3.63) is 76.0 Å². The Balaban J connectivity index is 1.64. The predicted molar refractivity (Wildman–Crippen MR) is 108 cm³/mol. The summed E-state index contributed by atoms with van der Waals surface area (Å²) in [6.07, 6.45) is 1.59. The van der Waals surface area contributed by atoms with Gasteiger partial charge in [-0.3, -0.25) is 4.79 Å². The second kappa shape index (κ2) is 8.42. The van der Waals surface area contributed by atoms with E-state index in [1.165, 1.54) is 35.6 Å². The van der Waals surface area contributed by atoms with Crippen LogP contribution >= 0.6 is 22.9 Å². The zero-order chi connectivity index (χ0) is 20.1. The summed E-state index contributed by atoms with van der Waals surface area (Å²) in [6.45, 7) is 3.62. The van der Waals surface area contributed by atoms with E-state index in [9.17, 15) is 9.18 Å². The van der Waals surface area contributed by atoms with Crippen LogP contribution in [-0.2, 0) is 0 Å². The largest absolute Gasteiger partial charge is 0.431 e. The molecule has 28 heavy (non-hydrogen) atoms. The quantitative estimate of drug-likeness (QED) is 0.590. The number of rotatable bonds is 4. The first-order chi connectivity index (χ1) is 13.3. The molecule has 1 amide bonds. The number of hydrogen-bond acceptors (Lipinski definition) is 4. The minimum absolute atomic E-state index is 0.236. The van der Waals surface area contributed by atoms with Crippen molar-refractivity contribution in [2.45, 2.75) is 19.4 Å². The number of carbonyl (C=O) groups excluding carboxylic acids is 1. The van der Waals surface area contributed by atoms with Gasteiger partial charge >= 0.3 is 0 Å². The summed E-state index contributed by atoms with van der Waals surface area (Å²) in [6, 6.07) is 12.3. The highest BCUT2D eigenvalue weighted by atomic mass is 35.5. The molecule has 0 radical (unpaired) electrons. The van der Waals surface area contributed by atoms with Gasteiger partial charge in [0.05, 0.1) is 11.7 Å². The number of thiazole rings is 1. The first-order valence-corrected chi connectivity index (χ1v) is 9.51. The van der Waals surface area contributed by atoms with Crippen LogP contribution in [-0.4, -0.2) is 16.4 Å². The van der Waals surface area contributed by atoms with Crippen LogP contribution in [0.1, 0.15) is 29.1 Å². The van der Waals surface area contributed by atoms with Gasteiger partial charge in [0.15, 0.2) is 0 Å². The molecule has 3 aromatic rings. The summed E-state index contributed by atoms with van der Waals surface area (Å²) >= 11 is 7.10. The molecule has 142 valence electrons. The lowest BCUT2D eigenvalue weighted by atomic mass is 10.1. The Bertz CT molecular complexity index is 1030. The molecule has 1 aromatic heterocycles. The van der Waals surface area contributed by atoms with Crippen molar-refractivity contribution >= 4 is 28.8 Å². The molecular formula is C21H16ClFN2O2S. The van der Waals surface area contributed by atoms with Gasteiger partial charge in [0, 0.05) is 10.6 Å². The predicted octanol–water partition coefficient (Wildman–Crippen LogP) is 5.29. The fraction of sp³-hybridized carbons (Fsp3) is 0.143. The summed E-state index contributed by atoms with van der Waals surface area (Å²) in [7, 11) is 0. The van der Waals surface area contributed by atoms with E-state index in [1.807, 2.05) is 13.8 Å². The third kappa shape index (κ3) is 5.56. The van der Waals surface area contributed by atoms with Gasteiger partial charge in [-0.15, -0.1) is 0 Å². The van der Waals surface area contributed by atoms with Crippen LogP contribution in [0.2, 0.25) is 5.02 Å². The Hall–Kier alpha value is -2.88. The Morgan fingerprint density at radius 2 is 1.86 bits per heavy atom. The van der Waals surface area contributed by atoms with E-state index in [0.717, 1.165) is 0 Å². The Morgan fingerprint density at radius 3 is 2.54 bits per heavy atom. The maximum absolute atomic E-state index is 12.9. The van der Waals surface area contributed by atoms with Crippen LogP contribution < -0.4 is 10.1 Å². The number of benzene rings is 2. The SMILES string of the molecule is CC(C)(C#Cc1cnc(Oc2ccc(F)cc2)s1)NC(=O)c1ccc(Cl)cc1. The van der Waals surface area contributed by atoms with Crippen LogP contribution in [0.4, 0.5) is 4.39 Å². The molecule has 0 spiro atoms. The summed E-state index contributed by atoms with van der Waals surface area (Å²) in [4.78, 5) is 17.2. The highest BCUT2D eigenvalue weighted by Crippen LogP contribution is 2.26. The van der Waals surface area contributed by atoms with E-state index in [0.29, 0.717) is 26.4 Å². The molecule has 0 bridgehead atoms. The van der Waals surface area contributed by atoms with Crippen molar-refractivity contribution in [3.63, 3.8) is 0 Å². The lowest BCUT2D eigenvalue weighted by molar-refractivity contribution is 0.0930. The fourth-order valence-electron chi connectivity index (χ4n) is 2.17. The van der Waals surface area contributed by atoms with Gasteiger partial charge in [-0.1, -0.05) is 34.8 Å². The topological polar surface area (TPSA) is 51.2 Å². The first-order valence-electron chi connectivity index (χ1n) is 8.31. The molecule has 0 atom stereocenters. The number of halogens is 2. The summed E-state index contributed by atoms with van der Waals surface area (Å²) < 4.78 is 18.5. The molecule has 7 heteroatoms. The average Bonchev–Trinajstić information content (AvgIpc) is 3.10. The number of carbonyl (C=O) groups is 1. The van der Waals surface area contributed by atoms with E-state index in [4.69, 9.17) is 16.3 Å². The minimum Gasteiger partial charge on any atom is -0.431 e. The van der Waals surface area contributed by atoms with Crippen LogP contribution in [0, 0.1) is 17.7 Å². The molecule has 0 saturated heterocycles. The molecule has 0 aliphatic carbocycles. The number of hydrogen-bond donors (Lipinski definition) is 1. The molecule has 0 aliphatic heterocycles. The summed E-state index contributed by atoms with van der Waals surface area (Å²) in [5.41, 5.74) is -0.245. The molecule has 0 saturated carbocycles. The molecule has 0 aliphatic rings. The van der Waals surface area contributed by atoms with Gasteiger partial charge in [0.1, 0.15) is 16.4 Å². The van der Waals surface area contributed by atoms with Gasteiger partial charge in [0.25, 0.3) is 11.1 Å². The van der Waals surface area contributed by atoms with Gasteiger partial charge in [-0.05, 0) is 62.4 Å². The van der Waals surface area contributed by atoms with Crippen molar-refractivity contribution in [2.24, 2.45) is 0 Å². The maximum atomic E-state index is 12.9. The number of amides is 1. The molecule has 3 rings (SSSR count). The zero-order valence-corrected chi connectivity index (χ0v) is 16.7. The molecular weight excluding hydrogens is 399 g/mol. The molecule has 1 N–H and O–H groups in total. The van der Waals surface area contributed by atoms with E-state index in [-0.39, 0.29) is 11.7 Å². The summed E-state index contributed by atoms with van der Waals surface area (Å²) in [5.74, 6) is 5.95. The second-order valence-corrected chi connectivity index (χ2v) is 7.81. The molecule has 0 fully saturated rings. The smallest absolute Gasteiger partial charge is 0.279 e. The normalized spacial score (nSPS) is 10.7. The Morgan fingerprint density at radius 1 is 1.18 bits per heavy atom. The number of ether oxygens (including phenoxy) is 1. The van der Waals surface area contributed by atoms with Crippen LogP contribution in [0.25, 0.3) is 0 Å². The zero-order valence-electron chi connectivity index (χ0n) is 15.1. The second-order valence-electron chi connectivity index (χ2n) is 6.38. The Labute approximate surface area is 171 Å². The highest BCUT2D eigenvalue weighted by molar-refractivity contribution is 7.13. The summed E-state index contributed by atoms with van der Waals surface area (Å²) in [5, 5.41) is 3.85. The minimum atomic E-state index is -0.751. The molecule has 1 heterocycles. The standard InChI is InChI=1S/C21H16ClFN2O2S/c1-21(2,25-19(26)14-3-5-15(22)6-4-14)12-11-18-13-24-20(28-18)27-17-9-7-16(23)8-10-17/h3-10,13H,1-2H3,(H,25,26). The number of aromatic nitrogens is 1. The van der Waals surface area contributed by atoms with Crippen molar-refractivity contribution in [1.82, 2.24) is 10.3 Å². The number of nitrogens with one attached hydrogen (secondary N) is 1. The molecule has 2 aromatic carbocycles. The maximum Gasteiger partial charge on any atom is 0.279 e. The van der Waals surface area contributed by atoms with Crippen molar-refractivity contribution in [1.29, 1.82) is 0 Å². The van der Waals surface area contributed by atoms with Gasteiger partial charge < -0.3 is 10.1 Å². The third-order valence-electron chi connectivity index (χ3n) is 3.53. The Kier molecular flexibility index (Phi) is 5.98. The van der Waals surface area contributed by atoms with Crippen LogP contribution in [0.5, 0.6) is 10.9 Å². The molecule has 0 unspecified atom stereocenters. The van der Waals surface area contributed by atoms with E-state index < -0.39 is 5.54 Å². The first kappa shape index (κ1) is 19.9. The monoisotopic (exact) mass is 414 g/mol. The highest BCUT2D eigenvalue weighted by Gasteiger charge is 2.18. The van der Waals surface area contributed by atoms with Gasteiger partial charge in [-0.25, -0.2) is 9.37 Å². The van der Waals surface area contributed by atoms with Crippen molar-refractivity contribution in [2.75, 3.05) is 0 Å². The van der Waals surface area contributed by atoms with Crippen LogP contribution in [0.15, 0.2) is 54.7 Å². The van der Waals surface area contributed by atoms with Crippen LogP contribution in [0.3, 0.4) is 0 Å². The van der Waals surface area contributed by atoms with E-state index in [2.05, 4.69) is 22.1 Å².